The molecule has 0 radical (unpaired) electrons. The van der Waals surface area contributed by atoms with Gasteiger partial charge in [0.2, 0.25) is 0 Å². The molecule has 10 nitrogen and oxygen atoms in total. The van der Waals surface area contributed by atoms with Crippen molar-refractivity contribution >= 4 is 40.0 Å². The quantitative estimate of drug-likeness (QED) is 0.286. The van der Waals surface area contributed by atoms with Crippen LogP contribution in [0.1, 0.15) is 34.6 Å². The third-order valence-corrected chi connectivity index (χ3v) is 7.70. The molecule has 0 saturated carbocycles. The number of ether oxygens (including phenoxy) is 1. The van der Waals surface area contributed by atoms with E-state index in [0.29, 0.717) is 29.2 Å². The highest BCUT2D eigenvalue weighted by Gasteiger charge is 2.34. The zero-order valence-corrected chi connectivity index (χ0v) is 24.4. The zero-order chi connectivity index (χ0) is 30.5. The van der Waals surface area contributed by atoms with Gasteiger partial charge in [0.25, 0.3) is 11.8 Å². The van der Waals surface area contributed by atoms with Gasteiger partial charge in [0.15, 0.2) is 0 Å². The second-order valence-corrected chi connectivity index (χ2v) is 10.9. The molecule has 3 N–H and O–H groups in total. The SMILES string of the molecule is C[C@@H]1CN([C@@H](C)CO)C(=O)c2cc(NC(=O)c3ccncc3)ccc2O[C@H]1CN(C)C(=O)Nc1cccc2ccccc12. The van der Waals surface area contributed by atoms with Gasteiger partial charge in [0, 0.05) is 48.5 Å². The van der Waals surface area contributed by atoms with Crippen molar-refractivity contribution in [3.63, 3.8) is 0 Å². The van der Waals surface area contributed by atoms with Crippen LogP contribution in [-0.4, -0.2) is 76.6 Å². The Bertz CT molecular complexity index is 1620. The summed E-state index contributed by atoms with van der Waals surface area (Å²) in [4.78, 5) is 46.9. The monoisotopic (exact) mass is 581 g/mol. The van der Waals surface area contributed by atoms with E-state index in [0.717, 1.165) is 10.8 Å². The van der Waals surface area contributed by atoms with Gasteiger partial charge in [-0.15, -0.1) is 0 Å². The number of nitrogens with one attached hydrogen (secondary N) is 2. The molecular formula is C33H35N5O5. The smallest absolute Gasteiger partial charge is 0.321 e. The van der Waals surface area contributed by atoms with Crippen molar-refractivity contribution in [1.29, 1.82) is 0 Å². The Kier molecular flexibility index (Phi) is 8.87. The third kappa shape index (κ3) is 6.60. The van der Waals surface area contributed by atoms with Crippen LogP contribution in [0, 0.1) is 5.92 Å². The number of rotatable bonds is 7. The molecule has 1 aliphatic heterocycles. The summed E-state index contributed by atoms with van der Waals surface area (Å²) in [7, 11) is 1.70. The van der Waals surface area contributed by atoms with Gasteiger partial charge in [-0.05, 0) is 48.7 Å². The maximum Gasteiger partial charge on any atom is 0.321 e. The van der Waals surface area contributed by atoms with Gasteiger partial charge < -0.3 is 30.3 Å². The maximum atomic E-state index is 13.7. The summed E-state index contributed by atoms with van der Waals surface area (Å²) in [5.74, 6) is -0.497. The van der Waals surface area contributed by atoms with Crippen LogP contribution in [0.2, 0.25) is 0 Å². The lowest BCUT2D eigenvalue weighted by molar-refractivity contribution is 0.0371. The minimum absolute atomic E-state index is 0.176. The molecule has 3 atom stereocenters. The number of hydrogen-bond acceptors (Lipinski definition) is 6. The molecule has 0 unspecified atom stereocenters. The lowest BCUT2D eigenvalue weighted by Gasteiger charge is -2.38. The van der Waals surface area contributed by atoms with E-state index in [1.165, 1.54) is 12.4 Å². The van der Waals surface area contributed by atoms with Gasteiger partial charge >= 0.3 is 6.03 Å². The van der Waals surface area contributed by atoms with E-state index in [4.69, 9.17) is 4.74 Å². The van der Waals surface area contributed by atoms with Crippen molar-refractivity contribution in [1.82, 2.24) is 14.8 Å². The number of amides is 4. The molecule has 0 aliphatic carbocycles. The minimum Gasteiger partial charge on any atom is -0.487 e. The maximum absolute atomic E-state index is 13.7. The molecule has 3 aromatic carbocycles. The van der Waals surface area contributed by atoms with Gasteiger partial charge in [0.1, 0.15) is 11.9 Å². The average molecular weight is 582 g/mol. The topological polar surface area (TPSA) is 124 Å². The van der Waals surface area contributed by atoms with Crippen LogP contribution in [-0.2, 0) is 0 Å². The van der Waals surface area contributed by atoms with E-state index in [9.17, 15) is 19.5 Å². The first-order chi connectivity index (χ1) is 20.7. The summed E-state index contributed by atoms with van der Waals surface area (Å²) in [5.41, 5.74) is 1.82. The Hall–Kier alpha value is -4.96. The molecule has 2 heterocycles. The standard InChI is InChI=1S/C33H35N5O5/c1-21-18-38(22(2)20-39)32(41)27-17-25(35-31(40)24-13-15-34-16-14-24)11-12-29(27)43-30(21)19-37(3)33(42)36-28-10-6-8-23-7-4-5-9-26(23)28/h4-17,21-22,30,39H,18-20H2,1-3H3,(H,35,40)(H,36,42)/t21-,22+,30+/m1/s1. The number of urea groups is 1. The second kappa shape index (κ2) is 12.9. The number of aliphatic hydroxyl groups is 1. The Balaban J connectivity index is 1.38. The highest BCUT2D eigenvalue weighted by atomic mass is 16.5. The van der Waals surface area contributed by atoms with Crippen molar-refractivity contribution in [2.75, 3.05) is 37.4 Å². The number of likely N-dealkylation sites (N-methyl/N-ethyl adjacent to an activating group) is 1. The summed E-state index contributed by atoms with van der Waals surface area (Å²) in [5, 5.41) is 17.7. The van der Waals surface area contributed by atoms with Crippen molar-refractivity contribution < 1.29 is 24.2 Å². The number of carbonyl (C=O) groups is 3. The summed E-state index contributed by atoms with van der Waals surface area (Å²) in [6.45, 7) is 4.07. The largest absolute Gasteiger partial charge is 0.487 e. The van der Waals surface area contributed by atoms with Crippen LogP contribution in [0.15, 0.2) is 85.2 Å². The van der Waals surface area contributed by atoms with Crippen molar-refractivity contribution in [3.8, 4) is 5.75 Å². The summed E-state index contributed by atoms with van der Waals surface area (Å²) < 4.78 is 6.41. The normalized spacial score (nSPS) is 17.2. The van der Waals surface area contributed by atoms with Crippen LogP contribution >= 0.6 is 0 Å². The molecule has 222 valence electrons. The number of benzene rings is 3. The van der Waals surface area contributed by atoms with Crippen LogP contribution in [0.5, 0.6) is 5.75 Å². The second-order valence-electron chi connectivity index (χ2n) is 10.9. The van der Waals surface area contributed by atoms with Crippen molar-refractivity contribution in [3.05, 3.63) is 96.3 Å². The van der Waals surface area contributed by atoms with Crippen LogP contribution in [0.3, 0.4) is 0 Å². The molecule has 4 aromatic rings. The van der Waals surface area contributed by atoms with Crippen LogP contribution in [0.4, 0.5) is 16.2 Å². The highest BCUT2D eigenvalue weighted by Crippen LogP contribution is 2.31. The summed E-state index contributed by atoms with van der Waals surface area (Å²) in [6.07, 6.45) is 2.59. The van der Waals surface area contributed by atoms with Crippen LogP contribution < -0.4 is 15.4 Å². The number of pyridine rings is 1. The molecule has 4 amide bonds. The Morgan fingerprint density at radius 3 is 2.58 bits per heavy atom. The van der Waals surface area contributed by atoms with Gasteiger partial charge in [0.05, 0.1) is 30.4 Å². The fraction of sp³-hybridized carbons (Fsp3) is 0.273. The Morgan fingerprint density at radius 1 is 1.07 bits per heavy atom. The van der Waals surface area contributed by atoms with Gasteiger partial charge in [-0.2, -0.15) is 0 Å². The number of fused-ring (bicyclic) bond motifs is 2. The predicted octanol–water partition coefficient (Wildman–Crippen LogP) is 4.87. The molecule has 0 spiro atoms. The van der Waals surface area contributed by atoms with E-state index in [2.05, 4.69) is 15.6 Å². The fourth-order valence-electron chi connectivity index (χ4n) is 5.12. The lowest BCUT2D eigenvalue weighted by atomic mass is 9.99. The number of carbonyl (C=O) groups excluding carboxylic acids is 3. The number of anilines is 2. The molecular weight excluding hydrogens is 546 g/mol. The molecule has 0 bridgehead atoms. The zero-order valence-electron chi connectivity index (χ0n) is 24.4. The molecule has 43 heavy (non-hydrogen) atoms. The Morgan fingerprint density at radius 2 is 1.81 bits per heavy atom. The first-order valence-electron chi connectivity index (χ1n) is 14.2. The Labute approximate surface area is 250 Å². The predicted molar refractivity (Wildman–Crippen MR) is 165 cm³/mol. The summed E-state index contributed by atoms with van der Waals surface area (Å²) in [6, 6.07) is 20.9. The van der Waals surface area contributed by atoms with E-state index in [1.807, 2.05) is 49.4 Å². The lowest BCUT2D eigenvalue weighted by Crippen LogP contribution is -2.50. The van der Waals surface area contributed by atoms with E-state index < -0.39 is 12.1 Å². The number of nitrogens with zero attached hydrogens (tertiary/aromatic N) is 3. The number of aliphatic hydroxyl groups excluding tert-OH is 1. The molecule has 5 rings (SSSR count). The minimum atomic E-state index is -0.472. The third-order valence-electron chi connectivity index (χ3n) is 7.70. The number of aromatic nitrogens is 1. The average Bonchev–Trinajstić information content (AvgIpc) is 3.03. The summed E-state index contributed by atoms with van der Waals surface area (Å²) >= 11 is 0. The fourth-order valence-corrected chi connectivity index (χ4v) is 5.12. The van der Waals surface area contributed by atoms with Crippen molar-refractivity contribution in [2.45, 2.75) is 26.0 Å². The van der Waals surface area contributed by atoms with Gasteiger partial charge in [-0.25, -0.2) is 4.79 Å². The molecule has 1 aromatic heterocycles. The van der Waals surface area contributed by atoms with E-state index >= 15 is 0 Å². The molecule has 0 saturated heterocycles. The van der Waals surface area contributed by atoms with Gasteiger partial charge in [-0.3, -0.25) is 14.6 Å². The molecule has 10 heteroatoms. The molecule has 0 fully saturated rings. The van der Waals surface area contributed by atoms with E-state index in [1.54, 1.807) is 54.1 Å². The van der Waals surface area contributed by atoms with Gasteiger partial charge in [-0.1, -0.05) is 43.3 Å². The molecule has 1 aliphatic rings. The van der Waals surface area contributed by atoms with E-state index in [-0.39, 0.29) is 42.5 Å². The van der Waals surface area contributed by atoms with Crippen LogP contribution in [0.25, 0.3) is 10.8 Å². The van der Waals surface area contributed by atoms with Crippen molar-refractivity contribution in [2.24, 2.45) is 5.92 Å². The first-order valence-corrected chi connectivity index (χ1v) is 14.2. The number of hydrogen-bond donors (Lipinski definition) is 3. The highest BCUT2D eigenvalue weighted by molar-refractivity contribution is 6.05. The first kappa shape index (κ1) is 29.5.